The van der Waals surface area contributed by atoms with Crippen LogP contribution in [0.2, 0.25) is 0 Å². The van der Waals surface area contributed by atoms with Crippen molar-refractivity contribution in [3.8, 4) is 10.8 Å². The van der Waals surface area contributed by atoms with Crippen LogP contribution in [0.4, 0.5) is 5.82 Å². The summed E-state index contributed by atoms with van der Waals surface area (Å²) in [4.78, 5) is 5.86. The SMILES string of the molecule is c1coc(-c2nc3c(s2)CCCN3)c1. The molecule has 72 valence electrons. The van der Waals surface area contributed by atoms with E-state index in [-0.39, 0.29) is 0 Å². The van der Waals surface area contributed by atoms with Crippen molar-refractivity contribution in [2.75, 3.05) is 11.9 Å². The highest BCUT2D eigenvalue weighted by atomic mass is 32.1. The first-order valence-electron chi connectivity index (χ1n) is 4.71. The molecule has 0 amide bonds. The van der Waals surface area contributed by atoms with Crippen molar-refractivity contribution < 1.29 is 4.42 Å². The number of furan rings is 1. The third-order valence-electron chi connectivity index (χ3n) is 2.30. The van der Waals surface area contributed by atoms with Crippen LogP contribution in [0.5, 0.6) is 0 Å². The van der Waals surface area contributed by atoms with Crippen LogP contribution in [0.25, 0.3) is 10.8 Å². The Hall–Kier alpha value is -1.29. The molecule has 0 aliphatic carbocycles. The number of nitrogens with zero attached hydrogens (tertiary/aromatic N) is 1. The summed E-state index contributed by atoms with van der Waals surface area (Å²) in [5, 5.41) is 4.28. The summed E-state index contributed by atoms with van der Waals surface area (Å²) in [6.07, 6.45) is 4.02. The van der Waals surface area contributed by atoms with Gasteiger partial charge in [-0.15, -0.1) is 11.3 Å². The zero-order valence-corrected chi connectivity index (χ0v) is 8.43. The minimum Gasteiger partial charge on any atom is -0.462 e. The molecule has 1 aliphatic rings. The number of thiazole rings is 1. The lowest BCUT2D eigenvalue weighted by atomic mass is 10.2. The maximum Gasteiger partial charge on any atom is 0.162 e. The van der Waals surface area contributed by atoms with Gasteiger partial charge in [0.2, 0.25) is 0 Å². The van der Waals surface area contributed by atoms with Gasteiger partial charge >= 0.3 is 0 Å². The predicted molar refractivity (Wildman–Crippen MR) is 56.6 cm³/mol. The molecule has 0 radical (unpaired) electrons. The largest absolute Gasteiger partial charge is 0.462 e. The average molecular weight is 206 g/mol. The predicted octanol–water partition coefficient (Wildman–Crippen LogP) is 2.76. The summed E-state index contributed by atoms with van der Waals surface area (Å²) in [5.74, 6) is 1.92. The van der Waals surface area contributed by atoms with Crippen molar-refractivity contribution in [1.29, 1.82) is 0 Å². The molecule has 14 heavy (non-hydrogen) atoms. The summed E-state index contributed by atoms with van der Waals surface area (Å²) in [6.45, 7) is 1.04. The Morgan fingerprint density at radius 3 is 3.29 bits per heavy atom. The van der Waals surface area contributed by atoms with E-state index in [2.05, 4.69) is 10.3 Å². The maximum absolute atomic E-state index is 5.32. The molecule has 2 aromatic heterocycles. The molecule has 1 N–H and O–H groups in total. The number of aromatic nitrogens is 1. The fourth-order valence-corrected chi connectivity index (χ4v) is 2.67. The van der Waals surface area contributed by atoms with Gasteiger partial charge in [0.1, 0.15) is 5.82 Å². The van der Waals surface area contributed by atoms with Gasteiger partial charge in [-0.3, -0.25) is 0 Å². The van der Waals surface area contributed by atoms with Gasteiger partial charge in [-0.2, -0.15) is 0 Å². The van der Waals surface area contributed by atoms with E-state index in [4.69, 9.17) is 4.42 Å². The first kappa shape index (κ1) is 8.05. The van der Waals surface area contributed by atoms with Crippen molar-refractivity contribution in [3.05, 3.63) is 23.3 Å². The van der Waals surface area contributed by atoms with E-state index in [1.54, 1.807) is 17.6 Å². The van der Waals surface area contributed by atoms with E-state index in [1.165, 1.54) is 11.3 Å². The van der Waals surface area contributed by atoms with Crippen LogP contribution in [0.3, 0.4) is 0 Å². The summed E-state index contributed by atoms with van der Waals surface area (Å²) < 4.78 is 5.32. The summed E-state index contributed by atoms with van der Waals surface area (Å²) in [7, 11) is 0. The number of fused-ring (bicyclic) bond motifs is 1. The number of aryl methyl sites for hydroxylation is 1. The van der Waals surface area contributed by atoms with Gasteiger partial charge in [0, 0.05) is 11.4 Å². The van der Waals surface area contributed by atoms with Gasteiger partial charge in [0.05, 0.1) is 6.26 Å². The Labute approximate surface area is 85.8 Å². The zero-order valence-electron chi connectivity index (χ0n) is 7.62. The third kappa shape index (κ3) is 1.23. The van der Waals surface area contributed by atoms with E-state index in [1.807, 2.05) is 12.1 Å². The van der Waals surface area contributed by atoms with Crippen LogP contribution in [0.1, 0.15) is 11.3 Å². The molecule has 3 heterocycles. The van der Waals surface area contributed by atoms with Gasteiger partial charge in [-0.25, -0.2) is 4.98 Å². The Bertz CT molecular complexity index is 409. The number of rotatable bonds is 1. The molecule has 4 heteroatoms. The number of hydrogen-bond donors (Lipinski definition) is 1. The molecule has 0 aromatic carbocycles. The van der Waals surface area contributed by atoms with Gasteiger partial charge < -0.3 is 9.73 Å². The van der Waals surface area contributed by atoms with E-state index in [0.29, 0.717) is 0 Å². The molecule has 0 atom stereocenters. The highest BCUT2D eigenvalue weighted by Crippen LogP contribution is 2.33. The highest BCUT2D eigenvalue weighted by Gasteiger charge is 2.16. The summed E-state index contributed by atoms with van der Waals surface area (Å²) in [5.41, 5.74) is 0. The summed E-state index contributed by atoms with van der Waals surface area (Å²) >= 11 is 1.73. The Kier molecular flexibility index (Phi) is 1.80. The van der Waals surface area contributed by atoms with Crippen molar-refractivity contribution in [1.82, 2.24) is 4.98 Å². The molecule has 3 rings (SSSR count). The molecule has 0 spiro atoms. The van der Waals surface area contributed by atoms with Crippen molar-refractivity contribution in [2.45, 2.75) is 12.8 Å². The van der Waals surface area contributed by atoms with Crippen molar-refractivity contribution in [2.24, 2.45) is 0 Å². The first-order valence-corrected chi connectivity index (χ1v) is 5.52. The van der Waals surface area contributed by atoms with Crippen LogP contribution in [-0.4, -0.2) is 11.5 Å². The topological polar surface area (TPSA) is 38.1 Å². The van der Waals surface area contributed by atoms with Crippen LogP contribution in [0.15, 0.2) is 22.8 Å². The van der Waals surface area contributed by atoms with E-state index in [9.17, 15) is 0 Å². The number of hydrogen-bond acceptors (Lipinski definition) is 4. The second-order valence-corrected chi connectivity index (χ2v) is 4.38. The zero-order chi connectivity index (χ0) is 9.38. The molecule has 0 fully saturated rings. The molecule has 0 unspecified atom stereocenters. The van der Waals surface area contributed by atoms with Gasteiger partial charge in [-0.1, -0.05) is 0 Å². The summed E-state index contributed by atoms with van der Waals surface area (Å²) in [6, 6.07) is 3.84. The highest BCUT2D eigenvalue weighted by molar-refractivity contribution is 7.15. The lowest BCUT2D eigenvalue weighted by molar-refractivity contribution is 0.582. The average Bonchev–Trinajstić information content (AvgIpc) is 2.86. The fraction of sp³-hybridized carbons (Fsp3) is 0.300. The lowest BCUT2D eigenvalue weighted by Crippen LogP contribution is -2.09. The standard InChI is InChI=1S/C10H10N2OS/c1-4-8-9(11-5-1)12-10(14-8)7-3-2-6-13-7/h2-3,6,11H,1,4-5H2. The molecule has 3 nitrogen and oxygen atoms in total. The van der Waals surface area contributed by atoms with E-state index in [0.717, 1.165) is 29.6 Å². The van der Waals surface area contributed by atoms with Crippen LogP contribution in [-0.2, 0) is 6.42 Å². The lowest BCUT2D eigenvalue weighted by Gasteiger charge is -2.10. The fourth-order valence-electron chi connectivity index (χ4n) is 1.62. The molecule has 0 saturated heterocycles. The maximum atomic E-state index is 5.32. The Morgan fingerprint density at radius 2 is 2.50 bits per heavy atom. The molecule has 1 aliphatic heterocycles. The van der Waals surface area contributed by atoms with E-state index >= 15 is 0 Å². The van der Waals surface area contributed by atoms with Gasteiger partial charge in [0.15, 0.2) is 10.8 Å². The van der Waals surface area contributed by atoms with E-state index < -0.39 is 0 Å². The number of nitrogens with one attached hydrogen (secondary N) is 1. The van der Waals surface area contributed by atoms with Crippen molar-refractivity contribution >= 4 is 17.2 Å². The molecule has 0 bridgehead atoms. The third-order valence-corrected chi connectivity index (χ3v) is 3.43. The molecular weight excluding hydrogens is 196 g/mol. The normalized spacial score (nSPS) is 14.9. The minimum atomic E-state index is 0.867. The quantitative estimate of drug-likeness (QED) is 0.779. The minimum absolute atomic E-state index is 0.867. The first-order chi connectivity index (χ1) is 6.93. The molecular formula is C10H10N2OS. The molecule has 0 saturated carbocycles. The van der Waals surface area contributed by atoms with Crippen LogP contribution in [0, 0.1) is 0 Å². The Morgan fingerprint density at radius 1 is 1.50 bits per heavy atom. The second kappa shape index (κ2) is 3.13. The van der Waals surface area contributed by atoms with Crippen LogP contribution < -0.4 is 5.32 Å². The number of anilines is 1. The van der Waals surface area contributed by atoms with Gasteiger partial charge in [-0.05, 0) is 25.0 Å². The second-order valence-electron chi connectivity index (χ2n) is 3.30. The smallest absolute Gasteiger partial charge is 0.162 e. The van der Waals surface area contributed by atoms with Crippen molar-refractivity contribution in [3.63, 3.8) is 0 Å². The van der Waals surface area contributed by atoms with Crippen LogP contribution >= 0.6 is 11.3 Å². The Balaban J connectivity index is 2.04. The molecule has 2 aromatic rings. The van der Waals surface area contributed by atoms with Gasteiger partial charge in [0.25, 0.3) is 0 Å². The monoisotopic (exact) mass is 206 g/mol.